The molecule has 32 heavy (non-hydrogen) atoms. The first-order chi connectivity index (χ1) is 14.6. The predicted molar refractivity (Wildman–Crippen MR) is 137 cm³/mol. The zero-order valence-electron chi connectivity index (χ0n) is 20.0. The maximum atomic E-state index is 14.0. The molecule has 2 rings (SSSR count). The average molecular weight is 564 g/mol. The van der Waals surface area contributed by atoms with Crippen LogP contribution in [-0.4, -0.2) is 60.9 Å². The van der Waals surface area contributed by atoms with Crippen molar-refractivity contribution in [1.82, 2.24) is 20.9 Å². The lowest BCUT2D eigenvalue weighted by atomic mass is 9.93. The van der Waals surface area contributed by atoms with Gasteiger partial charge in [0.2, 0.25) is 0 Å². The maximum Gasteiger partial charge on any atom is 0.408 e. The molecule has 0 spiro atoms. The van der Waals surface area contributed by atoms with E-state index in [-0.39, 0.29) is 35.8 Å². The van der Waals surface area contributed by atoms with Crippen molar-refractivity contribution in [3.63, 3.8) is 0 Å². The fourth-order valence-electron chi connectivity index (χ4n) is 3.56. The van der Waals surface area contributed by atoms with Gasteiger partial charge in [-0.1, -0.05) is 13.8 Å². The molecule has 0 radical (unpaired) electrons. The van der Waals surface area contributed by atoms with Crippen molar-refractivity contribution in [2.24, 2.45) is 4.99 Å². The molecule has 0 aliphatic carbocycles. The number of nitrogens with zero attached hydrogens (tertiary/aromatic N) is 3. The van der Waals surface area contributed by atoms with E-state index >= 15 is 0 Å². The van der Waals surface area contributed by atoms with E-state index in [1.54, 1.807) is 19.3 Å². The summed E-state index contributed by atoms with van der Waals surface area (Å²) in [4.78, 5) is 22.8. The average Bonchev–Trinajstić information content (AvgIpc) is 3.17. The Labute approximate surface area is 208 Å². The van der Waals surface area contributed by atoms with Gasteiger partial charge in [0, 0.05) is 38.9 Å². The quantitative estimate of drug-likeness (QED) is 0.266. The minimum absolute atomic E-state index is 0. The second-order valence-corrected chi connectivity index (χ2v) is 8.92. The van der Waals surface area contributed by atoms with Gasteiger partial charge in [-0.3, -0.25) is 4.99 Å². The number of anilines is 1. The molecule has 1 aromatic rings. The minimum Gasteiger partial charge on any atom is -0.444 e. The van der Waals surface area contributed by atoms with Crippen LogP contribution in [0.4, 0.5) is 15.0 Å². The molecular weight excluding hydrogens is 526 g/mol. The van der Waals surface area contributed by atoms with E-state index in [1.165, 1.54) is 6.07 Å². The Morgan fingerprint density at radius 1 is 1.34 bits per heavy atom. The number of hydrogen-bond donors (Lipinski definition) is 3. The molecule has 1 aliphatic rings. The normalized spacial score (nSPS) is 16.9. The number of ether oxygens (including phenoxy) is 1. The fraction of sp³-hybridized carbons (Fsp3) is 0.682. The van der Waals surface area contributed by atoms with Gasteiger partial charge < -0.3 is 25.6 Å². The summed E-state index contributed by atoms with van der Waals surface area (Å²) in [6.07, 6.45) is 3.50. The Morgan fingerprint density at radius 3 is 2.59 bits per heavy atom. The number of aromatic nitrogens is 1. The van der Waals surface area contributed by atoms with Crippen molar-refractivity contribution in [3.05, 3.63) is 24.1 Å². The Balaban J connectivity index is 0.00000512. The number of rotatable bonds is 7. The van der Waals surface area contributed by atoms with Gasteiger partial charge in [0.05, 0.1) is 5.54 Å². The summed E-state index contributed by atoms with van der Waals surface area (Å²) in [5.41, 5.74) is -1.01. The lowest BCUT2D eigenvalue weighted by Gasteiger charge is -2.34. The molecule has 182 valence electrons. The molecule has 3 N–H and O–H groups in total. The van der Waals surface area contributed by atoms with Crippen LogP contribution >= 0.6 is 24.0 Å². The molecule has 1 atom stereocenters. The van der Waals surface area contributed by atoms with E-state index in [9.17, 15) is 9.18 Å². The molecule has 1 saturated heterocycles. The van der Waals surface area contributed by atoms with Crippen LogP contribution < -0.4 is 20.9 Å². The number of aliphatic imine (C=N–C) groups is 1. The minimum atomic E-state index is -0.552. The van der Waals surface area contributed by atoms with Gasteiger partial charge in [0.15, 0.2) is 17.6 Å². The third kappa shape index (κ3) is 8.25. The first kappa shape index (κ1) is 28.2. The molecule has 0 saturated carbocycles. The number of nitrogens with one attached hydrogen (secondary N) is 3. The highest BCUT2D eigenvalue weighted by Crippen LogP contribution is 2.21. The Bertz CT molecular complexity index is 767. The number of carbonyl (C=O) groups excluding carboxylic acids is 1. The predicted octanol–water partition coefficient (Wildman–Crippen LogP) is 3.67. The number of carbonyl (C=O) groups is 1. The zero-order chi connectivity index (χ0) is 23.1. The lowest BCUT2D eigenvalue weighted by molar-refractivity contribution is 0.0448. The van der Waals surface area contributed by atoms with Crippen molar-refractivity contribution in [2.45, 2.75) is 71.1 Å². The maximum absolute atomic E-state index is 14.0. The Morgan fingerprint density at radius 2 is 2.03 bits per heavy atom. The van der Waals surface area contributed by atoms with Gasteiger partial charge in [-0.15, -0.1) is 24.0 Å². The summed E-state index contributed by atoms with van der Waals surface area (Å²) in [6.45, 7) is 11.5. The SMILES string of the molecule is CCC(CC)(CNC(=NC)NC1CCN(c2ncccc2F)C1)NC(=O)OC(C)(C)C.I. The largest absolute Gasteiger partial charge is 0.444 e. The van der Waals surface area contributed by atoms with Crippen molar-refractivity contribution in [1.29, 1.82) is 0 Å². The molecule has 1 unspecified atom stereocenters. The molecule has 10 heteroatoms. The van der Waals surface area contributed by atoms with E-state index in [1.807, 2.05) is 39.5 Å². The number of hydrogen-bond acceptors (Lipinski definition) is 5. The summed E-state index contributed by atoms with van der Waals surface area (Å²) in [7, 11) is 1.71. The zero-order valence-corrected chi connectivity index (χ0v) is 22.3. The lowest BCUT2D eigenvalue weighted by Crippen LogP contribution is -2.57. The van der Waals surface area contributed by atoms with Crippen molar-refractivity contribution < 1.29 is 13.9 Å². The van der Waals surface area contributed by atoms with Gasteiger partial charge in [-0.05, 0) is 52.2 Å². The van der Waals surface area contributed by atoms with E-state index in [0.29, 0.717) is 24.9 Å². The van der Waals surface area contributed by atoms with Crippen LogP contribution in [0.2, 0.25) is 0 Å². The smallest absolute Gasteiger partial charge is 0.408 e. The van der Waals surface area contributed by atoms with E-state index in [0.717, 1.165) is 25.8 Å². The topological polar surface area (TPSA) is 90.9 Å². The fourth-order valence-corrected chi connectivity index (χ4v) is 3.56. The van der Waals surface area contributed by atoms with Gasteiger partial charge in [0.25, 0.3) is 0 Å². The first-order valence-electron chi connectivity index (χ1n) is 10.9. The van der Waals surface area contributed by atoms with Crippen LogP contribution in [0, 0.1) is 5.82 Å². The number of halogens is 2. The summed E-state index contributed by atoms with van der Waals surface area (Å²) in [5.74, 6) is 0.715. The summed E-state index contributed by atoms with van der Waals surface area (Å²) < 4.78 is 19.5. The van der Waals surface area contributed by atoms with E-state index < -0.39 is 17.2 Å². The van der Waals surface area contributed by atoms with Gasteiger partial charge in [-0.2, -0.15) is 0 Å². The molecule has 1 aromatic heterocycles. The third-order valence-electron chi connectivity index (χ3n) is 5.51. The van der Waals surface area contributed by atoms with Crippen LogP contribution in [-0.2, 0) is 4.74 Å². The molecular formula is C22H38FIN6O2. The highest BCUT2D eigenvalue weighted by Gasteiger charge is 2.31. The molecule has 1 aliphatic heterocycles. The summed E-state index contributed by atoms with van der Waals surface area (Å²) in [5, 5.41) is 9.76. The van der Waals surface area contributed by atoms with Gasteiger partial charge >= 0.3 is 6.09 Å². The summed E-state index contributed by atoms with van der Waals surface area (Å²) in [6, 6.07) is 3.13. The van der Waals surface area contributed by atoms with Crippen LogP contribution in [0.5, 0.6) is 0 Å². The highest BCUT2D eigenvalue weighted by atomic mass is 127. The number of pyridine rings is 1. The van der Waals surface area contributed by atoms with Crippen LogP contribution in [0.3, 0.4) is 0 Å². The standard InChI is InChI=1S/C22H37FN6O2.HI/c1-7-22(8-2,28-20(30)31-21(3,4)5)15-26-19(24-6)27-16-11-13-29(14-16)18-17(23)10-9-12-25-18;/h9-10,12,16H,7-8,11,13-15H2,1-6H3,(H,28,30)(H2,24,26,27);1H. The third-order valence-corrected chi connectivity index (χ3v) is 5.51. The molecule has 2 heterocycles. The second-order valence-electron chi connectivity index (χ2n) is 8.92. The molecule has 0 bridgehead atoms. The van der Waals surface area contributed by atoms with Crippen molar-refractivity contribution in [2.75, 3.05) is 31.6 Å². The van der Waals surface area contributed by atoms with Crippen LogP contribution in [0.25, 0.3) is 0 Å². The number of alkyl carbamates (subject to hydrolysis) is 1. The van der Waals surface area contributed by atoms with Crippen LogP contribution in [0.15, 0.2) is 23.3 Å². The molecule has 1 fully saturated rings. The summed E-state index contributed by atoms with van der Waals surface area (Å²) >= 11 is 0. The Hall–Kier alpha value is -1.85. The van der Waals surface area contributed by atoms with E-state index in [2.05, 4.69) is 25.9 Å². The van der Waals surface area contributed by atoms with E-state index in [4.69, 9.17) is 4.74 Å². The molecule has 1 amide bonds. The molecule has 8 nitrogen and oxygen atoms in total. The van der Waals surface area contributed by atoms with Crippen molar-refractivity contribution >= 4 is 41.8 Å². The number of amides is 1. The monoisotopic (exact) mass is 564 g/mol. The Kier molecular flexibility index (Phi) is 10.9. The van der Waals surface area contributed by atoms with Crippen molar-refractivity contribution in [3.8, 4) is 0 Å². The van der Waals surface area contributed by atoms with Gasteiger partial charge in [0.1, 0.15) is 5.60 Å². The second kappa shape index (κ2) is 12.4. The van der Waals surface area contributed by atoms with Gasteiger partial charge in [-0.25, -0.2) is 14.2 Å². The number of guanidine groups is 1. The first-order valence-corrected chi connectivity index (χ1v) is 10.9. The molecule has 0 aromatic carbocycles. The highest BCUT2D eigenvalue weighted by molar-refractivity contribution is 14.0. The van der Waals surface area contributed by atoms with Crippen LogP contribution in [0.1, 0.15) is 53.9 Å².